The Hall–Kier alpha value is -1.19. The number of sulfonamides is 1. The summed E-state index contributed by atoms with van der Waals surface area (Å²) in [5, 5.41) is 2.74. The van der Waals surface area contributed by atoms with Crippen LogP contribution in [0.3, 0.4) is 0 Å². The first kappa shape index (κ1) is 21.9. The first-order valence-corrected chi connectivity index (χ1v) is 9.54. The summed E-state index contributed by atoms with van der Waals surface area (Å²) >= 11 is 0. The molecule has 0 aliphatic carbocycles. The number of anilines is 1. The van der Waals surface area contributed by atoms with Crippen LogP contribution in [-0.4, -0.2) is 39.6 Å². The Balaban J connectivity index is 0.00000312. The van der Waals surface area contributed by atoms with Gasteiger partial charge in [0.25, 0.3) is 0 Å². The van der Waals surface area contributed by atoms with Gasteiger partial charge >= 0.3 is 0 Å². The van der Waals surface area contributed by atoms with E-state index < -0.39 is 16.1 Å². The predicted octanol–water partition coefficient (Wildman–Crippen LogP) is 1.49. The smallest absolute Gasteiger partial charge is 0.241 e. The Morgan fingerprint density at radius 3 is 2.28 bits per heavy atom. The van der Waals surface area contributed by atoms with Crippen molar-refractivity contribution in [1.29, 1.82) is 0 Å². The topological polar surface area (TPSA) is 111 Å². The molecule has 0 aromatic heterocycles. The minimum absolute atomic E-state index is 0. The zero-order chi connectivity index (χ0) is 17.7. The van der Waals surface area contributed by atoms with Crippen molar-refractivity contribution < 1.29 is 17.9 Å². The van der Waals surface area contributed by atoms with Gasteiger partial charge in [-0.2, -0.15) is 0 Å². The van der Waals surface area contributed by atoms with E-state index in [1.54, 1.807) is 26.0 Å². The summed E-state index contributed by atoms with van der Waals surface area (Å²) < 4.78 is 31.9. The summed E-state index contributed by atoms with van der Waals surface area (Å²) in [6.45, 7) is 4.76. The maximum Gasteiger partial charge on any atom is 0.241 e. The molecule has 1 aromatic rings. The van der Waals surface area contributed by atoms with Crippen LogP contribution in [0.5, 0.6) is 0 Å². The highest BCUT2D eigenvalue weighted by Crippen LogP contribution is 2.19. The molecule has 0 bridgehead atoms. The van der Waals surface area contributed by atoms with Crippen LogP contribution in [0.1, 0.15) is 26.7 Å². The van der Waals surface area contributed by atoms with Gasteiger partial charge in [-0.15, -0.1) is 12.4 Å². The quantitative estimate of drug-likeness (QED) is 0.680. The number of carbonyl (C=O) groups excluding carboxylic acids is 1. The summed E-state index contributed by atoms with van der Waals surface area (Å²) in [4.78, 5) is 12.4. The number of nitrogens with two attached hydrogens (primary N) is 1. The Kier molecular flexibility index (Phi) is 8.30. The van der Waals surface area contributed by atoms with Crippen LogP contribution in [0.4, 0.5) is 5.69 Å². The first-order valence-electron chi connectivity index (χ1n) is 8.06. The molecule has 7 nitrogen and oxygen atoms in total. The monoisotopic (exact) mass is 391 g/mol. The van der Waals surface area contributed by atoms with E-state index in [0.29, 0.717) is 18.9 Å². The van der Waals surface area contributed by atoms with Crippen LogP contribution in [-0.2, 0) is 19.6 Å². The molecular weight excluding hydrogens is 366 g/mol. The summed E-state index contributed by atoms with van der Waals surface area (Å²) in [6, 6.07) is 5.25. The molecule has 142 valence electrons. The fourth-order valence-electron chi connectivity index (χ4n) is 2.61. The molecule has 9 heteroatoms. The lowest BCUT2D eigenvalue weighted by molar-refractivity contribution is -0.119. The molecule has 1 atom stereocenters. The highest BCUT2D eigenvalue weighted by molar-refractivity contribution is 7.89. The molecular formula is C16H26ClN3O4S. The lowest BCUT2D eigenvalue weighted by atomic mass is 9.92. The summed E-state index contributed by atoms with van der Waals surface area (Å²) in [7, 11) is -3.54. The van der Waals surface area contributed by atoms with Crippen LogP contribution in [0.25, 0.3) is 0 Å². The summed E-state index contributed by atoms with van der Waals surface area (Å²) in [6.07, 6.45) is 1.54. The van der Waals surface area contributed by atoms with Crippen LogP contribution in [0.2, 0.25) is 0 Å². The van der Waals surface area contributed by atoms with Crippen LogP contribution < -0.4 is 15.8 Å². The Morgan fingerprint density at radius 2 is 1.76 bits per heavy atom. The van der Waals surface area contributed by atoms with E-state index in [1.807, 2.05) is 0 Å². The van der Waals surface area contributed by atoms with E-state index in [2.05, 4.69) is 10.0 Å². The molecule has 0 spiro atoms. The number of ether oxygens (including phenoxy) is 1. The number of nitrogens with one attached hydrogen (secondary N) is 2. The second-order valence-electron chi connectivity index (χ2n) is 6.27. The van der Waals surface area contributed by atoms with Crippen LogP contribution >= 0.6 is 12.4 Å². The molecule has 4 N–H and O–H groups in total. The van der Waals surface area contributed by atoms with Gasteiger partial charge < -0.3 is 15.8 Å². The number of hydrogen-bond donors (Lipinski definition) is 3. The lowest BCUT2D eigenvalue weighted by Crippen LogP contribution is -2.44. The number of carbonyl (C=O) groups is 1. The van der Waals surface area contributed by atoms with Gasteiger partial charge in [-0.25, -0.2) is 13.1 Å². The van der Waals surface area contributed by atoms with Crippen LogP contribution in [0, 0.1) is 5.92 Å². The van der Waals surface area contributed by atoms with Gasteiger partial charge in [-0.3, -0.25) is 4.79 Å². The highest BCUT2D eigenvalue weighted by atomic mass is 35.5. The fourth-order valence-corrected chi connectivity index (χ4v) is 3.86. The average molecular weight is 392 g/mol. The molecule has 0 saturated carbocycles. The minimum Gasteiger partial charge on any atom is -0.381 e. The predicted molar refractivity (Wildman–Crippen MR) is 99.3 cm³/mol. The van der Waals surface area contributed by atoms with Gasteiger partial charge in [0.05, 0.1) is 10.9 Å². The van der Waals surface area contributed by atoms with E-state index in [9.17, 15) is 13.2 Å². The molecule has 1 aliphatic rings. The standard InChI is InChI=1S/C16H25N3O4S.ClH/c1-11(2)19-24(21,22)14-5-3-13(4-6-14)18-16(20)15(17)12-7-9-23-10-8-12;/h3-6,11-12,15,19H,7-10,17H2,1-2H3,(H,18,20);1H. The Morgan fingerprint density at radius 1 is 1.20 bits per heavy atom. The van der Waals surface area contributed by atoms with E-state index in [1.165, 1.54) is 12.1 Å². The van der Waals surface area contributed by atoms with Crippen LogP contribution in [0.15, 0.2) is 29.2 Å². The zero-order valence-corrected chi connectivity index (χ0v) is 16.0. The second kappa shape index (κ2) is 9.49. The Bertz CT molecular complexity index is 658. The number of benzene rings is 1. The molecule has 1 unspecified atom stereocenters. The van der Waals surface area contributed by atoms with E-state index in [0.717, 1.165) is 12.8 Å². The van der Waals surface area contributed by atoms with Crippen molar-refractivity contribution in [2.45, 2.75) is 43.7 Å². The third-order valence-electron chi connectivity index (χ3n) is 3.90. The molecule has 1 aliphatic heterocycles. The molecule has 1 heterocycles. The first-order chi connectivity index (χ1) is 11.3. The van der Waals surface area contributed by atoms with Gasteiger partial charge in [-0.05, 0) is 56.9 Å². The van der Waals surface area contributed by atoms with E-state index >= 15 is 0 Å². The van der Waals surface area contributed by atoms with Crippen molar-refractivity contribution in [3.63, 3.8) is 0 Å². The van der Waals surface area contributed by atoms with Crippen molar-refractivity contribution >= 4 is 34.0 Å². The average Bonchev–Trinajstić information content (AvgIpc) is 2.54. The zero-order valence-electron chi connectivity index (χ0n) is 14.4. The SMILES string of the molecule is CC(C)NS(=O)(=O)c1ccc(NC(=O)C(N)C2CCOCC2)cc1.Cl. The fraction of sp³-hybridized carbons (Fsp3) is 0.562. The van der Waals surface area contributed by atoms with Crippen molar-refractivity contribution in [2.24, 2.45) is 11.7 Å². The van der Waals surface area contributed by atoms with E-state index in [-0.39, 0.29) is 35.2 Å². The molecule has 25 heavy (non-hydrogen) atoms. The molecule has 1 aromatic carbocycles. The van der Waals surface area contributed by atoms with Crippen molar-refractivity contribution in [2.75, 3.05) is 18.5 Å². The van der Waals surface area contributed by atoms with Gasteiger partial charge in [0, 0.05) is 24.9 Å². The van der Waals surface area contributed by atoms with Gasteiger partial charge in [0.2, 0.25) is 15.9 Å². The number of amides is 1. The summed E-state index contributed by atoms with van der Waals surface area (Å²) in [5.41, 5.74) is 6.54. The number of rotatable bonds is 6. The molecule has 0 radical (unpaired) electrons. The largest absolute Gasteiger partial charge is 0.381 e. The van der Waals surface area contributed by atoms with Crippen molar-refractivity contribution in [1.82, 2.24) is 4.72 Å². The maximum atomic E-state index is 12.2. The van der Waals surface area contributed by atoms with Crippen molar-refractivity contribution in [3.05, 3.63) is 24.3 Å². The molecule has 1 amide bonds. The molecule has 1 fully saturated rings. The Labute approximate surface area is 155 Å². The summed E-state index contributed by atoms with van der Waals surface area (Å²) in [5.74, 6) is -0.161. The number of halogens is 1. The highest BCUT2D eigenvalue weighted by Gasteiger charge is 2.26. The second-order valence-corrected chi connectivity index (χ2v) is 7.98. The lowest BCUT2D eigenvalue weighted by Gasteiger charge is -2.26. The molecule has 2 rings (SSSR count). The van der Waals surface area contributed by atoms with Gasteiger partial charge in [0.15, 0.2) is 0 Å². The van der Waals surface area contributed by atoms with Gasteiger partial charge in [0.1, 0.15) is 0 Å². The third kappa shape index (κ3) is 6.23. The normalized spacial score (nSPS) is 17.0. The van der Waals surface area contributed by atoms with Crippen molar-refractivity contribution in [3.8, 4) is 0 Å². The maximum absolute atomic E-state index is 12.2. The van der Waals surface area contributed by atoms with Gasteiger partial charge in [-0.1, -0.05) is 0 Å². The minimum atomic E-state index is -3.54. The number of hydrogen-bond acceptors (Lipinski definition) is 5. The third-order valence-corrected chi connectivity index (χ3v) is 5.57. The molecule has 1 saturated heterocycles. The van der Waals surface area contributed by atoms with E-state index in [4.69, 9.17) is 10.5 Å².